The second-order valence-electron chi connectivity index (χ2n) is 7.47. The fourth-order valence-corrected chi connectivity index (χ4v) is 4.80. The Hall–Kier alpha value is -2.04. The molecule has 0 radical (unpaired) electrons. The lowest BCUT2D eigenvalue weighted by Crippen LogP contribution is -2.26. The summed E-state index contributed by atoms with van der Waals surface area (Å²) in [5.74, 6) is 0.567. The van der Waals surface area contributed by atoms with Crippen LogP contribution in [-0.4, -0.2) is 34.6 Å². The number of esters is 1. The van der Waals surface area contributed by atoms with E-state index in [1.807, 2.05) is 26.0 Å². The highest BCUT2D eigenvalue weighted by Gasteiger charge is 2.19. The van der Waals surface area contributed by atoms with Crippen LogP contribution in [0.3, 0.4) is 0 Å². The van der Waals surface area contributed by atoms with Gasteiger partial charge in [-0.05, 0) is 81.6 Å². The van der Waals surface area contributed by atoms with Crippen LogP contribution in [0.2, 0.25) is 0 Å². The maximum Gasteiger partial charge on any atom is 0.347 e. The van der Waals surface area contributed by atoms with E-state index in [2.05, 4.69) is 57.9 Å². The minimum atomic E-state index is -0.771. The average molecular weight is 644 g/mol. The Morgan fingerprint density at radius 2 is 1.82 bits per heavy atom. The van der Waals surface area contributed by atoms with Crippen LogP contribution >= 0.6 is 47.8 Å². The van der Waals surface area contributed by atoms with Crippen molar-refractivity contribution in [2.24, 2.45) is 5.10 Å². The molecule has 0 aliphatic heterocycles. The Morgan fingerprint density at radius 3 is 2.42 bits per heavy atom. The quantitative estimate of drug-likeness (QED) is 0.232. The number of carbonyl (C=O) groups is 1. The van der Waals surface area contributed by atoms with Gasteiger partial charge in [-0.25, -0.2) is 9.78 Å². The summed E-state index contributed by atoms with van der Waals surface area (Å²) in [6.07, 6.45) is 0.805. The lowest BCUT2D eigenvalue weighted by Gasteiger charge is -2.16. The first-order valence-electron chi connectivity index (χ1n) is 10.2. The van der Waals surface area contributed by atoms with Crippen LogP contribution in [0.5, 0.6) is 5.75 Å². The van der Waals surface area contributed by atoms with E-state index in [-0.39, 0.29) is 18.1 Å². The van der Waals surface area contributed by atoms with Crippen molar-refractivity contribution in [3.63, 3.8) is 0 Å². The van der Waals surface area contributed by atoms with Crippen molar-refractivity contribution < 1.29 is 14.3 Å². The summed E-state index contributed by atoms with van der Waals surface area (Å²) in [6.45, 7) is 7.56. The van der Waals surface area contributed by atoms with Gasteiger partial charge in [-0.1, -0.05) is 29.8 Å². The predicted molar refractivity (Wildman–Crippen MR) is 139 cm³/mol. The normalized spacial score (nSPS) is 12.5. The largest absolute Gasteiger partial charge is 0.477 e. The first-order chi connectivity index (χ1) is 15.6. The Morgan fingerprint density at radius 1 is 1.15 bits per heavy atom. The molecule has 0 saturated carbocycles. The summed E-state index contributed by atoms with van der Waals surface area (Å²) in [5, 5.41) is 4.92. The third kappa shape index (κ3) is 5.91. The number of carbonyl (C=O) groups excluding carboxylic acids is 1. The maximum atomic E-state index is 13.2. The fraction of sp³-hybridized carbons (Fsp3) is 0.304. The summed E-state index contributed by atoms with van der Waals surface area (Å²) in [5.41, 5.74) is 1.09. The van der Waals surface area contributed by atoms with E-state index in [9.17, 15) is 9.59 Å². The highest BCUT2D eigenvalue weighted by molar-refractivity contribution is 9.11. The molecule has 1 aromatic heterocycles. The highest BCUT2D eigenvalue weighted by atomic mass is 79.9. The molecule has 0 spiro atoms. The third-order valence-corrected chi connectivity index (χ3v) is 6.28. The smallest absolute Gasteiger partial charge is 0.347 e. The molecule has 1 atom stereocenters. The minimum absolute atomic E-state index is 0.0125. The van der Waals surface area contributed by atoms with Crippen LogP contribution < -0.4 is 10.3 Å². The van der Waals surface area contributed by atoms with Gasteiger partial charge in [0.15, 0.2) is 6.10 Å². The third-order valence-electron chi connectivity index (χ3n) is 4.61. The molecule has 0 bridgehead atoms. The van der Waals surface area contributed by atoms with E-state index < -0.39 is 12.1 Å². The van der Waals surface area contributed by atoms with Crippen LogP contribution in [0.25, 0.3) is 10.9 Å². The van der Waals surface area contributed by atoms with Gasteiger partial charge in [-0.15, -0.1) is 0 Å². The zero-order chi connectivity index (χ0) is 24.3. The molecular weight excluding hydrogens is 622 g/mol. The van der Waals surface area contributed by atoms with Gasteiger partial charge in [0.05, 0.1) is 32.7 Å². The Bertz CT molecular complexity index is 1260. The first kappa shape index (κ1) is 25.6. The second-order valence-corrected chi connectivity index (χ2v) is 10.1. The standard InChI is InChI=1S/C23H22Br3N3O4/c1-5-32-23(31)13(4)33-20-17(25)8-14(9-18(20)26)11-27-29-21(12(2)3)28-19-7-6-15(24)10-16(19)22(29)30/h6-13H,5H2,1-4H3/t13-/m0/s1. The van der Waals surface area contributed by atoms with E-state index in [0.717, 1.165) is 4.47 Å². The molecule has 0 fully saturated rings. The van der Waals surface area contributed by atoms with Crippen LogP contribution in [0.4, 0.5) is 0 Å². The van der Waals surface area contributed by atoms with Gasteiger partial charge in [0.1, 0.15) is 11.6 Å². The highest BCUT2D eigenvalue weighted by Crippen LogP contribution is 2.35. The molecule has 0 saturated heterocycles. The molecule has 3 rings (SSSR count). The molecule has 0 amide bonds. The molecule has 1 heterocycles. The van der Waals surface area contributed by atoms with E-state index >= 15 is 0 Å². The summed E-state index contributed by atoms with van der Waals surface area (Å²) >= 11 is 10.4. The van der Waals surface area contributed by atoms with E-state index in [1.165, 1.54) is 4.68 Å². The van der Waals surface area contributed by atoms with Crippen LogP contribution in [0.15, 0.2) is 53.6 Å². The molecule has 0 aliphatic carbocycles. The topological polar surface area (TPSA) is 82.8 Å². The lowest BCUT2D eigenvalue weighted by atomic mass is 10.2. The van der Waals surface area contributed by atoms with Crippen LogP contribution in [0.1, 0.15) is 45.0 Å². The van der Waals surface area contributed by atoms with Gasteiger partial charge in [0.2, 0.25) is 0 Å². The molecule has 174 valence electrons. The number of hydrogen-bond donors (Lipinski definition) is 0. The Balaban J connectivity index is 1.98. The Labute approximate surface area is 216 Å². The number of nitrogens with zero attached hydrogens (tertiary/aromatic N) is 3. The molecule has 33 heavy (non-hydrogen) atoms. The van der Waals surface area contributed by atoms with Gasteiger partial charge in [-0.2, -0.15) is 9.78 Å². The maximum absolute atomic E-state index is 13.2. The molecule has 0 N–H and O–H groups in total. The summed E-state index contributed by atoms with van der Waals surface area (Å²) < 4.78 is 14.1. The second kappa shape index (κ2) is 10.9. The monoisotopic (exact) mass is 641 g/mol. The lowest BCUT2D eigenvalue weighted by molar-refractivity contribution is -0.150. The van der Waals surface area contributed by atoms with Crippen molar-refractivity contribution in [1.29, 1.82) is 0 Å². The van der Waals surface area contributed by atoms with Crippen molar-refractivity contribution in [2.45, 2.75) is 39.7 Å². The zero-order valence-corrected chi connectivity index (χ0v) is 23.2. The van der Waals surface area contributed by atoms with E-state index in [4.69, 9.17) is 9.47 Å². The molecule has 3 aromatic rings. The van der Waals surface area contributed by atoms with Crippen molar-refractivity contribution in [2.75, 3.05) is 6.61 Å². The number of halogens is 3. The molecule has 0 unspecified atom stereocenters. The molecule has 10 heteroatoms. The van der Waals surface area contributed by atoms with E-state index in [0.29, 0.717) is 37.0 Å². The summed E-state index contributed by atoms with van der Waals surface area (Å²) in [6, 6.07) is 8.98. The SMILES string of the molecule is CCOC(=O)[C@H](C)Oc1c(Br)cc(C=Nn2c(C(C)C)nc3ccc(Br)cc3c2=O)cc1Br. The van der Waals surface area contributed by atoms with Gasteiger partial charge in [0.25, 0.3) is 5.56 Å². The number of aromatic nitrogens is 2. The number of hydrogen-bond acceptors (Lipinski definition) is 6. The van der Waals surface area contributed by atoms with Crippen molar-refractivity contribution in [3.05, 3.63) is 65.5 Å². The van der Waals surface area contributed by atoms with Crippen LogP contribution in [0, 0.1) is 0 Å². The number of benzene rings is 2. The number of rotatable bonds is 7. The van der Waals surface area contributed by atoms with Crippen molar-refractivity contribution in [1.82, 2.24) is 9.66 Å². The first-order valence-corrected chi connectivity index (χ1v) is 12.6. The number of fused-ring (bicyclic) bond motifs is 1. The number of ether oxygens (including phenoxy) is 2. The minimum Gasteiger partial charge on any atom is -0.477 e. The van der Waals surface area contributed by atoms with Gasteiger partial charge < -0.3 is 9.47 Å². The Kier molecular flexibility index (Phi) is 8.47. The molecule has 2 aromatic carbocycles. The predicted octanol–water partition coefficient (Wildman–Crippen LogP) is 6.02. The molecule has 0 aliphatic rings. The van der Waals surface area contributed by atoms with Crippen molar-refractivity contribution >= 4 is 70.9 Å². The van der Waals surface area contributed by atoms with E-state index in [1.54, 1.807) is 38.3 Å². The van der Waals surface area contributed by atoms with Gasteiger partial charge in [0, 0.05) is 10.4 Å². The zero-order valence-electron chi connectivity index (χ0n) is 18.4. The molecule has 7 nitrogen and oxygen atoms in total. The van der Waals surface area contributed by atoms with Crippen molar-refractivity contribution in [3.8, 4) is 5.75 Å². The molecular formula is C23H22Br3N3O4. The summed E-state index contributed by atoms with van der Waals surface area (Å²) in [7, 11) is 0. The van der Waals surface area contributed by atoms with Gasteiger partial charge >= 0.3 is 5.97 Å². The fourth-order valence-electron chi connectivity index (χ4n) is 3.03. The van der Waals surface area contributed by atoms with Crippen LogP contribution in [-0.2, 0) is 9.53 Å². The average Bonchev–Trinajstić information content (AvgIpc) is 2.75. The summed E-state index contributed by atoms with van der Waals surface area (Å²) in [4.78, 5) is 29.7. The van der Waals surface area contributed by atoms with Gasteiger partial charge in [-0.3, -0.25) is 4.79 Å².